The Hall–Kier alpha value is -1.77. The first-order chi connectivity index (χ1) is 6.83. The maximum atomic E-state index is 11.1. The smallest absolute Gasteiger partial charge is 0.339 e. The number of para-hydroxylation sites is 1. The van der Waals surface area contributed by atoms with Crippen molar-refractivity contribution in [3.63, 3.8) is 0 Å². The average molecular weight is 192 g/mol. The number of esters is 1. The van der Waals surface area contributed by atoms with Crippen LogP contribution in [0.4, 0.5) is 0 Å². The summed E-state index contributed by atoms with van der Waals surface area (Å²) in [5, 5.41) is 0. The molecule has 0 aromatic heterocycles. The van der Waals surface area contributed by atoms with Crippen molar-refractivity contribution in [1.82, 2.24) is 0 Å². The number of carbonyl (C=O) groups is 1. The number of ether oxygens (including phenoxy) is 2. The standard InChI is InChI=1S/C11H12O3/c1-2-13-9-8-11(12)14-10-6-4-3-5-7-10/h3-9H,2H2,1H3. The Morgan fingerprint density at radius 1 is 1.36 bits per heavy atom. The molecular weight excluding hydrogens is 180 g/mol. The second-order valence-corrected chi connectivity index (χ2v) is 2.49. The van der Waals surface area contributed by atoms with E-state index in [1.165, 1.54) is 12.3 Å². The molecule has 0 atom stereocenters. The molecule has 14 heavy (non-hydrogen) atoms. The van der Waals surface area contributed by atoms with E-state index in [0.717, 1.165) is 0 Å². The highest BCUT2D eigenvalue weighted by Gasteiger charge is 1.97. The van der Waals surface area contributed by atoms with E-state index in [9.17, 15) is 4.79 Å². The van der Waals surface area contributed by atoms with Gasteiger partial charge in [-0.15, -0.1) is 0 Å². The fourth-order valence-electron chi connectivity index (χ4n) is 0.839. The van der Waals surface area contributed by atoms with Gasteiger partial charge in [0.1, 0.15) is 5.75 Å². The van der Waals surface area contributed by atoms with Crippen molar-refractivity contribution in [2.45, 2.75) is 6.92 Å². The fourth-order valence-corrected chi connectivity index (χ4v) is 0.839. The van der Waals surface area contributed by atoms with E-state index >= 15 is 0 Å². The summed E-state index contributed by atoms with van der Waals surface area (Å²) in [5.41, 5.74) is 0. The zero-order valence-electron chi connectivity index (χ0n) is 7.97. The lowest BCUT2D eigenvalue weighted by Gasteiger charge is -1.99. The van der Waals surface area contributed by atoms with Gasteiger partial charge in [-0.2, -0.15) is 0 Å². The summed E-state index contributed by atoms with van der Waals surface area (Å²) in [4.78, 5) is 11.1. The molecule has 3 nitrogen and oxygen atoms in total. The van der Waals surface area contributed by atoms with Crippen molar-refractivity contribution < 1.29 is 14.3 Å². The van der Waals surface area contributed by atoms with E-state index in [1.54, 1.807) is 24.3 Å². The van der Waals surface area contributed by atoms with Gasteiger partial charge >= 0.3 is 5.97 Å². The van der Waals surface area contributed by atoms with Crippen LogP contribution in [0.3, 0.4) is 0 Å². The molecule has 1 aromatic rings. The summed E-state index contributed by atoms with van der Waals surface area (Å²) in [7, 11) is 0. The van der Waals surface area contributed by atoms with Gasteiger partial charge in [-0.25, -0.2) is 4.79 Å². The van der Waals surface area contributed by atoms with Gasteiger partial charge in [0.15, 0.2) is 0 Å². The monoisotopic (exact) mass is 192 g/mol. The molecule has 1 rings (SSSR count). The van der Waals surface area contributed by atoms with Crippen LogP contribution in [0.5, 0.6) is 5.75 Å². The van der Waals surface area contributed by atoms with Crippen LogP contribution < -0.4 is 4.74 Å². The van der Waals surface area contributed by atoms with E-state index < -0.39 is 5.97 Å². The summed E-state index contributed by atoms with van der Waals surface area (Å²) in [6.45, 7) is 2.38. The predicted molar refractivity (Wildman–Crippen MR) is 52.8 cm³/mol. The third kappa shape index (κ3) is 3.76. The van der Waals surface area contributed by atoms with E-state index in [0.29, 0.717) is 12.4 Å². The Kier molecular flexibility index (Phi) is 4.27. The molecule has 0 saturated carbocycles. The second-order valence-electron chi connectivity index (χ2n) is 2.49. The quantitative estimate of drug-likeness (QED) is 0.317. The summed E-state index contributed by atoms with van der Waals surface area (Å²) in [6.07, 6.45) is 2.57. The van der Waals surface area contributed by atoms with Gasteiger partial charge in [-0.1, -0.05) is 18.2 Å². The lowest BCUT2D eigenvalue weighted by molar-refractivity contribution is -0.129. The van der Waals surface area contributed by atoms with Gasteiger partial charge in [0.2, 0.25) is 0 Å². The highest BCUT2D eigenvalue weighted by atomic mass is 16.5. The Labute approximate surface area is 83.0 Å². The summed E-state index contributed by atoms with van der Waals surface area (Å²) >= 11 is 0. The minimum Gasteiger partial charge on any atom is -0.501 e. The van der Waals surface area contributed by atoms with E-state index in [2.05, 4.69) is 0 Å². The van der Waals surface area contributed by atoms with Crippen LogP contribution >= 0.6 is 0 Å². The van der Waals surface area contributed by atoms with Crippen molar-refractivity contribution in [2.24, 2.45) is 0 Å². The van der Waals surface area contributed by atoms with Crippen LogP contribution in [0.2, 0.25) is 0 Å². The summed E-state index contributed by atoms with van der Waals surface area (Å²) < 4.78 is 9.82. The first-order valence-electron chi connectivity index (χ1n) is 4.38. The minimum absolute atomic E-state index is 0.440. The van der Waals surface area contributed by atoms with Crippen molar-refractivity contribution in [1.29, 1.82) is 0 Å². The first kappa shape index (κ1) is 10.3. The molecular formula is C11H12O3. The number of hydrogen-bond acceptors (Lipinski definition) is 3. The van der Waals surface area contributed by atoms with Crippen LogP contribution in [0, 0.1) is 0 Å². The largest absolute Gasteiger partial charge is 0.501 e. The van der Waals surface area contributed by atoms with Gasteiger partial charge in [0.05, 0.1) is 18.9 Å². The molecule has 0 fully saturated rings. The molecule has 1 aromatic carbocycles. The minimum atomic E-state index is -0.440. The molecule has 0 aliphatic carbocycles. The number of benzene rings is 1. The molecule has 0 aliphatic heterocycles. The number of carbonyl (C=O) groups excluding carboxylic acids is 1. The van der Waals surface area contributed by atoms with Gasteiger partial charge in [0, 0.05) is 0 Å². The molecule has 0 unspecified atom stereocenters. The molecule has 0 saturated heterocycles. The molecule has 0 heterocycles. The third-order valence-electron chi connectivity index (χ3n) is 1.43. The third-order valence-corrected chi connectivity index (χ3v) is 1.43. The zero-order valence-corrected chi connectivity index (χ0v) is 7.97. The van der Waals surface area contributed by atoms with Gasteiger partial charge in [-0.05, 0) is 19.1 Å². The van der Waals surface area contributed by atoms with Crippen molar-refractivity contribution >= 4 is 5.97 Å². The van der Waals surface area contributed by atoms with Gasteiger partial charge < -0.3 is 9.47 Å². The van der Waals surface area contributed by atoms with Crippen LogP contribution in [-0.2, 0) is 9.53 Å². The highest BCUT2D eigenvalue weighted by molar-refractivity contribution is 5.83. The predicted octanol–water partition coefficient (Wildman–Crippen LogP) is 2.14. The maximum Gasteiger partial charge on any atom is 0.339 e. The molecule has 0 amide bonds. The Bertz CT molecular complexity index is 304. The van der Waals surface area contributed by atoms with Gasteiger partial charge in [-0.3, -0.25) is 0 Å². The Morgan fingerprint density at radius 2 is 2.07 bits per heavy atom. The lowest BCUT2D eigenvalue weighted by Crippen LogP contribution is -2.03. The van der Waals surface area contributed by atoms with E-state index in [4.69, 9.17) is 9.47 Å². The van der Waals surface area contributed by atoms with E-state index in [-0.39, 0.29) is 0 Å². The average Bonchev–Trinajstić information content (AvgIpc) is 2.20. The zero-order chi connectivity index (χ0) is 10.2. The number of rotatable bonds is 4. The Balaban J connectivity index is 2.42. The topological polar surface area (TPSA) is 35.5 Å². The molecule has 0 radical (unpaired) electrons. The molecule has 0 spiro atoms. The second kappa shape index (κ2) is 5.80. The van der Waals surface area contributed by atoms with Crippen LogP contribution in [0.25, 0.3) is 0 Å². The molecule has 0 N–H and O–H groups in total. The van der Waals surface area contributed by atoms with Gasteiger partial charge in [0.25, 0.3) is 0 Å². The van der Waals surface area contributed by atoms with E-state index in [1.807, 2.05) is 13.0 Å². The molecule has 0 bridgehead atoms. The SMILES string of the molecule is CCOC=CC(=O)Oc1ccccc1. The van der Waals surface area contributed by atoms with Crippen LogP contribution in [0.1, 0.15) is 6.92 Å². The molecule has 3 heteroatoms. The fraction of sp³-hybridized carbons (Fsp3) is 0.182. The molecule has 74 valence electrons. The van der Waals surface area contributed by atoms with Crippen molar-refractivity contribution in [3.05, 3.63) is 42.7 Å². The van der Waals surface area contributed by atoms with Crippen molar-refractivity contribution in [3.8, 4) is 5.75 Å². The van der Waals surface area contributed by atoms with Crippen LogP contribution in [-0.4, -0.2) is 12.6 Å². The number of hydrogen-bond donors (Lipinski definition) is 0. The van der Waals surface area contributed by atoms with Crippen LogP contribution in [0.15, 0.2) is 42.7 Å². The highest BCUT2D eigenvalue weighted by Crippen LogP contribution is 2.08. The molecule has 0 aliphatic rings. The first-order valence-corrected chi connectivity index (χ1v) is 4.38. The normalized spacial score (nSPS) is 10.1. The Morgan fingerprint density at radius 3 is 2.71 bits per heavy atom. The maximum absolute atomic E-state index is 11.1. The summed E-state index contributed by atoms with van der Waals surface area (Å²) in [6, 6.07) is 8.88. The van der Waals surface area contributed by atoms with Crippen molar-refractivity contribution in [2.75, 3.05) is 6.61 Å². The lowest BCUT2D eigenvalue weighted by atomic mass is 10.3. The summed E-state index contributed by atoms with van der Waals surface area (Å²) in [5.74, 6) is 0.0864.